The van der Waals surface area contributed by atoms with Crippen molar-refractivity contribution in [3.8, 4) is 0 Å². The lowest BCUT2D eigenvalue weighted by molar-refractivity contribution is 0.0198. The second kappa shape index (κ2) is 7.74. The van der Waals surface area contributed by atoms with Crippen LogP contribution in [0.5, 0.6) is 0 Å². The normalized spacial score (nSPS) is 12.4. The van der Waals surface area contributed by atoms with Crippen molar-refractivity contribution in [1.82, 2.24) is 9.55 Å². The average Bonchev–Trinajstić information content (AvgIpc) is 2.59. The zero-order valence-corrected chi connectivity index (χ0v) is 14.0. The SMILES string of the molecule is O=c1c2ccc(F)cc2ncn1C[C@H](O)COCc1ccccc1Cl. The molecule has 0 saturated heterocycles. The molecule has 1 atom stereocenters. The molecular formula is C18H16ClFN2O3. The van der Waals surface area contributed by atoms with Gasteiger partial charge in [0.1, 0.15) is 5.82 Å². The average molecular weight is 363 g/mol. The fourth-order valence-corrected chi connectivity index (χ4v) is 2.65. The van der Waals surface area contributed by atoms with E-state index in [1.165, 1.54) is 29.1 Å². The van der Waals surface area contributed by atoms with E-state index >= 15 is 0 Å². The van der Waals surface area contributed by atoms with Gasteiger partial charge < -0.3 is 9.84 Å². The second-order valence-corrected chi connectivity index (χ2v) is 6.03. The Balaban J connectivity index is 1.63. The quantitative estimate of drug-likeness (QED) is 0.732. The van der Waals surface area contributed by atoms with E-state index in [1.54, 1.807) is 6.07 Å². The van der Waals surface area contributed by atoms with Gasteiger partial charge in [0.25, 0.3) is 5.56 Å². The summed E-state index contributed by atoms with van der Waals surface area (Å²) in [6.45, 7) is 0.335. The lowest BCUT2D eigenvalue weighted by Gasteiger charge is -2.13. The zero-order chi connectivity index (χ0) is 17.8. The maximum absolute atomic E-state index is 13.2. The minimum absolute atomic E-state index is 0.0294. The molecule has 0 bridgehead atoms. The van der Waals surface area contributed by atoms with E-state index in [1.807, 2.05) is 18.2 Å². The molecule has 3 aromatic rings. The summed E-state index contributed by atoms with van der Waals surface area (Å²) in [5.74, 6) is -0.454. The van der Waals surface area contributed by atoms with Crippen LogP contribution in [0, 0.1) is 5.82 Å². The number of hydrogen-bond acceptors (Lipinski definition) is 4. The van der Waals surface area contributed by atoms with Gasteiger partial charge in [-0.3, -0.25) is 9.36 Å². The summed E-state index contributed by atoms with van der Waals surface area (Å²) in [5, 5.41) is 11.0. The third-order valence-corrected chi connectivity index (χ3v) is 4.09. The van der Waals surface area contributed by atoms with Crippen LogP contribution in [0.4, 0.5) is 4.39 Å². The van der Waals surface area contributed by atoms with Gasteiger partial charge in [0, 0.05) is 11.1 Å². The van der Waals surface area contributed by atoms with E-state index in [9.17, 15) is 14.3 Å². The Labute approximate surface area is 148 Å². The fourth-order valence-electron chi connectivity index (χ4n) is 2.46. The third kappa shape index (κ3) is 4.22. The van der Waals surface area contributed by atoms with Crippen LogP contribution in [0.2, 0.25) is 5.02 Å². The van der Waals surface area contributed by atoms with Gasteiger partial charge >= 0.3 is 0 Å². The highest BCUT2D eigenvalue weighted by molar-refractivity contribution is 6.31. The summed E-state index contributed by atoms with van der Waals surface area (Å²) < 4.78 is 19.9. The number of hydrogen-bond donors (Lipinski definition) is 1. The Kier molecular flexibility index (Phi) is 5.43. The lowest BCUT2D eigenvalue weighted by atomic mass is 10.2. The van der Waals surface area contributed by atoms with Crippen LogP contribution < -0.4 is 5.56 Å². The first-order valence-corrected chi connectivity index (χ1v) is 8.06. The Hall–Kier alpha value is -2.28. The molecule has 0 saturated carbocycles. The molecule has 0 spiro atoms. The van der Waals surface area contributed by atoms with Gasteiger partial charge in [0.05, 0.1) is 43.1 Å². The smallest absolute Gasteiger partial charge is 0.261 e. The number of aliphatic hydroxyl groups is 1. The van der Waals surface area contributed by atoms with Crippen LogP contribution in [-0.2, 0) is 17.9 Å². The van der Waals surface area contributed by atoms with Gasteiger partial charge in [0.2, 0.25) is 0 Å². The number of rotatable bonds is 6. The minimum Gasteiger partial charge on any atom is -0.389 e. The van der Waals surface area contributed by atoms with Crippen molar-refractivity contribution in [3.05, 3.63) is 75.5 Å². The summed E-state index contributed by atoms with van der Waals surface area (Å²) >= 11 is 6.03. The van der Waals surface area contributed by atoms with Gasteiger partial charge in [-0.25, -0.2) is 9.37 Å². The van der Waals surface area contributed by atoms with Crippen molar-refractivity contribution in [1.29, 1.82) is 0 Å². The molecule has 2 aromatic carbocycles. The molecule has 0 unspecified atom stereocenters. The molecule has 1 N–H and O–H groups in total. The molecule has 0 aliphatic carbocycles. The van der Waals surface area contributed by atoms with E-state index in [2.05, 4.69) is 4.98 Å². The molecule has 1 heterocycles. The Morgan fingerprint density at radius 1 is 1.28 bits per heavy atom. The van der Waals surface area contributed by atoms with E-state index in [-0.39, 0.29) is 30.8 Å². The maximum Gasteiger partial charge on any atom is 0.261 e. The number of benzene rings is 2. The van der Waals surface area contributed by atoms with Crippen molar-refractivity contribution in [2.75, 3.05) is 6.61 Å². The van der Waals surface area contributed by atoms with Crippen LogP contribution in [-0.4, -0.2) is 27.4 Å². The van der Waals surface area contributed by atoms with E-state index in [0.29, 0.717) is 10.4 Å². The molecule has 0 aliphatic rings. The molecule has 7 heteroatoms. The Morgan fingerprint density at radius 2 is 2.08 bits per heavy atom. The van der Waals surface area contributed by atoms with Crippen molar-refractivity contribution >= 4 is 22.5 Å². The van der Waals surface area contributed by atoms with Gasteiger partial charge in [-0.15, -0.1) is 0 Å². The summed E-state index contributed by atoms with van der Waals surface area (Å²) in [6.07, 6.45) is 0.404. The van der Waals surface area contributed by atoms with Crippen LogP contribution >= 0.6 is 11.6 Å². The highest BCUT2D eigenvalue weighted by Crippen LogP contribution is 2.15. The maximum atomic E-state index is 13.2. The number of ether oxygens (including phenoxy) is 1. The monoisotopic (exact) mass is 362 g/mol. The number of nitrogens with zero attached hydrogens (tertiary/aromatic N) is 2. The van der Waals surface area contributed by atoms with E-state index < -0.39 is 11.9 Å². The molecule has 0 fully saturated rings. The van der Waals surface area contributed by atoms with E-state index in [4.69, 9.17) is 16.3 Å². The van der Waals surface area contributed by atoms with Crippen molar-refractivity contribution in [2.45, 2.75) is 19.3 Å². The second-order valence-electron chi connectivity index (χ2n) is 5.62. The topological polar surface area (TPSA) is 64.4 Å². The lowest BCUT2D eigenvalue weighted by Crippen LogP contribution is -2.29. The first kappa shape index (κ1) is 17.5. The Bertz CT molecular complexity index is 945. The number of fused-ring (bicyclic) bond motifs is 1. The standard InChI is InChI=1S/C18H16ClFN2O3/c19-16-4-2-1-3-12(16)9-25-10-14(23)8-22-11-21-17-7-13(20)5-6-15(17)18(22)24/h1-7,11,14,23H,8-10H2/t14-/m0/s1. The van der Waals surface area contributed by atoms with Crippen LogP contribution in [0.25, 0.3) is 10.9 Å². The zero-order valence-electron chi connectivity index (χ0n) is 13.2. The van der Waals surface area contributed by atoms with Crippen LogP contribution in [0.15, 0.2) is 53.6 Å². The van der Waals surface area contributed by atoms with Gasteiger partial charge in [-0.1, -0.05) is 29.8 Å². The van der Waals surface area contributed by atoms with E-state index in [0.717, 1.165) is 5.56 Å². The van der Waals surface area contributed by atoms with Gasteiger partial charge in [0.15, 0.2) is 0 Å². The third-order valence-electron chi connectivity index (χ3n) is 3.72. The molecule has 0 amide bonds. The van der Waals surface area contributed by atoms with Crippen LogP contribution in [0.3, 0.4) is 0 Å². The summed E-state index contributed by atoms with van der Waals surface area (Å²) in [6, 6.07) is 11.1. The predicted molar refractivity (Wildman–Crippen MR) is 93.1 cm³/mol. The largest absolute Gasteiger partial charge is 0.389 e. The molecule has 1 aromatic heterocycles. The molecule has 0 aliphatic heterocycles. The highest BCUT2D eigenvalue weighted by Gasteiger charge is 2.10. The summed E-state index contributed by atoms with van der Waals surface area (Å²) in [4.78, 5) is 16.4. The van der Waals surface area contributed by atoms with Crippen molar-refractivity contribution < 1.29 is 14.2 Å². The highest BCUT2D eigenvalue weighted by atomic mass is 35.5. The first-order chi connectivity index (χ1) is 12.0. The predicted octanol–water partition coefficient (Wildman–Crippen LogP) is 2.77. The number of aromatic nitrogens is 2. The van der Waals surface area contributed by atoms with Crippen molar-refractivity contribution in [2.24, 2.45) is 0 Å². The fraction of sp³-hybridized carbons (Fsp3) is 0.222. The van der Waals surface area contributed by atoms with Crippen molar-refractivity contribution in [3.63, 3.8) is 0 Å². The molecule has 130 valence electrons. The number of halogens is 2. The summed E-state index contributed by atoms with van der Waals surface area (Å²) in [7, 11) is 0. The molecule has 25 heavy (non-hydrogen) atoms. The molecule has 3 rings (SSSR count). The van der Waals surface area contributed by atoms with Gasteiger partial charge in [-0.05, 0) is 23.8 Å². The molecule has 0 radical (unpaired) electrons. The summed E-state index contributed by atoms with van der Waals surface area (Å²) in [5.41, 5.74) is 0.767. The van der Waals surface area contributed by atoms with Crippen LogP contribution in [0.1, 0.15) is 5.56 Å². The number of aliphatic hydroxyl groups excluding tert-OH is 1. The Morgan fingerprint density at radius 3 is 2.88 bits per heavy atom. The molecular weight excluding hydrogens is 347 g/mol. The van der Waals surface area contributed by atoms with Gasteiger partial charge in [-0.2, -0.15) is 0 Å². The molecule has 5 nitrogen and oxygen atoms in total. The minimum atomic E-state index is -0.889. The first-order valence-electron chi connectivity index (χ1n) is 7.68.